The average molecular weight is 525 g/mol. The first kappa shape index (κ1) is 25.2. The molecule has 1 fully saturated rings. The van der Waals surface area contributed by atoms with Crippen LogP contribution in [0.5, 0.6) is 11.5 Å². The van der Waals surface area contributed by atoms with Crippen LogP contribution in [0.25, 0.3) is 11.1 Å². The maximum Gasteiger partial charge on any atom is 0.240 e. The first-order chi connectivity index (χ1) is 17.7. The summed E-state index contributed by atoms with van der Waals surface area (Å²) < 4.78 is 38.0. The van der Waals surface area contributed by atoms with Gasteiger partial charge in [-0.05, 0) is 78.4 Å². The maximum atomic E-state index is 13.3. The van der Waals surface area contributed by atoms with Crippen LogP contribution in [-0.4, -0.2) is 50.6 Å². The molecular formula is C27H28N2O7S. The minimum absolute atomic E-state index is 0.0444. The van der Waals surface area contributed by atoms with Crippen LogP contribution in [0.1, 0.15) is 24.0 Å². The lowest BCUT2D eigenvalue weighted by molar-refractivity contribution is -0.118. The molecule has 1 atom stereocenters. The first-order valence-corrected chi connectivity index (χ1v) is 13.4. The number of hydrogen-bond acceptors (Lipinski definition) is 7. The van der Waals surface area contributed by atoms with Crippen molar-refractivity contribution in [2.75, 3.05) is 25.3 Å². The van der Waals surface area contributed by atoms with Gasteiger partial charge in [0.05, 0.1) is 23.0 Å². The third-order valence-corrected chi connectivity index (χ3v) is 8.24. The van der Waals surface area contributed by atoms with Crippen molar-refractivity contribution in [3.8, 4) is 22.6 Å². The molecule has 1 amide bonds. The Balaban J connectivity index is 1.33. The SMILES string of the molecule is Cc1ccc(NC(=O)C2(c3ccc4c(c3)OCO4)CC2)cc1-c1ccc(S(=O)(=O)NC[C@H](O)CO)cc1. The van der Waals surface area contributed by atoms with E-state index in [2.05, 4.69) is 10.0 Å². The van der Waals surface area contributed by atoms with E-state index in [9.17, 15) is 18.3 Å². The number of hydrogen-bond donors (Lipinski definition) is 4. The van der Waals surface area contributed by atoms with Gasteiger partial charge in [-0.3, -0.25) is 4.79 Å². The highest BCUT2D eigenvalue weighted by Crippen LogP contribution is 2.51. The zero-order valence-electron chi connectivity index (χ0n) is 20.2. The Hall–Kier alpha value is -3.44. The second-order valence-electron chi connectivity index (χ2n) is 9.35. The molecule has 9 nitrogen and oxygen atoms in total. The number of aliphatic hydroxyl groups is 2. The summed E-state index contributed by atoms with van der Waals surface area (Å²) in [4.78, 5) is 13.4. The van der Waals surface area contributed by atoms with E-state index in [0.29, 0.717) is 17.2 Å². The lowest BCUT2D eigenvalue weighted by Gasteiger charge is -2.17. The largest absolute Gasteiger partial charge is 0.454 e. The summed E-state index contributed by atoms with van der Waals surface area (Å²) >= 11 is 0. The van der Waals surface area contributed by atoms with Gasteiger partial charge in [-0.25, -0.2) is 13.1 Å². The molecule has 4 N–H and O–H groups in total. The number of anilines is 1. The number of fused-ring (bicyclic) bond motifs is 1. The first-order valence-electron chi connectivity index (χ1n) is 11.9. The van der Waals surface area contributed by atoms with Crippen molar-refractivity contribution in [3.63, 3.8) is 0 Å². The molecule has 0 saturated heterocycles. The molecule has 0 unspecified atom stereocenters. The fraction of sp³-hybridized carbons (Fsp3) is 0.296. The van der Waals surface area contributed by atoms with Gasteiger partial charge in [-0.2, -0.15) is 0 Å². The van der Waals surface area contributed by atoms with Crippen molar-refractivity contribution >= 4 is 21.6 Å². The number of aryl methyl sites for hydroxylation is 1. The number of carbonyl (C=O) groups is 1. The topological polar surface area (TPSA) is 134 Å². The van der Waals surface area contributed by atoms with E-state index < -0.39 is 28.1 Å². The van der Waals surface area contributed by atoms with Gasteiger partial charge in [0, 0.05) is 12.2 Å². The summed E-state index contributed by atoms with van der Waals surface area (Å²) in [7, 11) is -3.83. The third kappa shape index (κ3) is 5.05. The molecule has 5 rings (SSSR count). The minimum atomic E-state index is -3.83. The molecule has 0 aromatic heterocycles. The molecule has 1 heterocycles. The standard InChI is InChI=1S/C27H28N2O7S/c1-17-2-6-20(29-26(32)27(10-11-27)19-5-9-24-25(12-19)36-16-35-24)13-23(17)18-3-7-22(8-4-18)37(33,34)28-14-21(31)15-30/h2-9,12-13,21,28,30-31H,10-11,14-16H2,1H3,(H,29,32)/t21-/m0/s1. The molecule has 2 aliphatic rings. The lowest BCUT2D eigenvalue weighted by Crippen LogP contribution is -2.33. The Kier molecular flexibility index (Phi) is 6.67. The Labute approximate surface area is 215 Å². The molecule has 10 heteroatoms. The van der Waals surface area contributed by atoms with Gasteiger partial charge in [0.25, 0.3) is 0 Å². The van der Waals surface area contributed by atoms with Gasteiger partial charge in [0.15, 0.2) is 11.5 Å². The number of sulfonamides is 1. The number of benzene rings is 3. The van der Waals surface area contributed by atoms with Gasteiger partial charge < -0.3 is 25.0 Å². The highest BCUT2D eigenvalue weighted by atomic mass is 32.2. The molecule has 194 valence electrons. The lowest BCUT2D eigenvalue weighted by atomic mass is 9.94. The van der Waals surface area contributed by atoms with E-state index in [1.165, 1.54) is 12.1 Å². The summed E-state index contributed by atoms with van der Waals surface area (Å²) in [6.07, 6.45) is 0.321. The molecule has 0 spiro atoms. The normalized spacial score (nSPS) is 16.3. The molecular weight excluding hydrogens is 496 g/mol. The summed E-state index contributed by atoms with van der Waals surface area (Å²) in [5, 5.41) is 21.4. The van der Waals surface area contributed by atoms with E-state index in [0.717, 1.165) is 35.1 Å². The van der Waals surface area contributed by atoms with Crippen molar-refractivity contribution < 1.29 is 32.9 Å². The zero-order valence-corrected chi connectivity index (χ0v) is 21.0. The summed E-state index contributed by atoms with van der Waals surface area (Å²) in [6.45, 7) is 1.30. The molecule has 1 saturated carbocycles. The fourth-order valence-electron chi connectivity index (χ4n) is 4.39. The van der Waals surface area contributed by atoms with Crippen LogP contribution in [0.2, 0.25) is 0 Å². The Morgan fingerprint density at radius 3 is 2.46 bits per heavy atom. The summed E-state index contributed by atoms with van der Waals surface area (Å²) in [5.41, 5.74) is 3.57. The van der Waals surface area contributed by atoms with Crippen LogP contribution in [0.3, 0.4) is 0 Å². The van der Waals surface area contributed by atoms with E-state index >= 15 is 0 Å². The van der Waals surface area contributed by atoms with Gasteiger partial charge in [-0.15, -0.1) is 0 Å². The quantitative estimate of drug-likeness (QED) is 0.338. The Morgan fingerprint density at radius 1 is 1.03 bits per heavy atom. The highest BCUT2D eigenvalue weighted by molar-refractivity contribution is 7.89. The Bertz CT molecular complexity index is 1430. The second-order valence-corrected chi connectivity index (χ2v) is 11.1. The predicted octanol–water partition coefficient (Wildman–Crippen LogP) is 2.69. The summed E-state index contributed by atoms with van der Waals surface area (Å²) in [5.74, 6) is 1.25. The van der Waals surface area contributed by atoms with Crippen LogP contribution in [0.15, 0.2) is 65.6 Å². The average Bonchev–Trinajstić information content (AvgIpc) is 3.59. The molecule has 37 heavy (non-hydrogen) atoms. The van der Waals surface area contributed by atoms with E-state index in [1.807, 2.05) is 43.3 Å². The monoisotopic (exact) mass is 524 g/mol. The van der Waals surface area contributed by atoms with Crippen molar-refractivity contribution in [1.29, 1.82) is 0 Å². The fourth-order valence-corrected chi connectivity index (χ4v) is 5.47. The van der Waals surface area contributed by atoms with Crippen molar-refractivity contribution in [3.05, 3.63) is 71.8 Å². The van der Waals surface area contributed by atoms with Crippen LogP contribution in [0, 0.1) is 6.92 Å². The molecule has 1 aliphatic carbocycles. The second kappa shape index (κ2) is 9.79. The molecule has 3 aromatic carbocycles. The van der Waals surface area contributed by atoms with Crippen molar-refractivity contribution in [1.82, 2.24) is 4.72 Å². The molecule has 1 aliphatic heterocycles. The molecule has 0 radical (unpaired) electrons. The number of amides is 1. The van der Waals surface area contributed by atoms with Gasteiger partial charge in [0.2, 0.25) is 22.7 Å². The minimum Gasteiger partial charge on any atom is -0.454 e. The Morgan fingerprint density at radius 2 is 1.76 bits per heavy atom. The smallest absolute Gasteiger partial charge is 0.240 e. The van der Waals surface area contributed by atoms with E-state index in [4.69, 9.17) is 14.6 Å². The van der Waals surface area contributed by atoms with E-state index in [1.54, 1.807) is 12.1 Å². The van der Waals surface area contributed by atoms with Crippen LogP contribution >= 0.6 is 0 Å². The molecule has 3 aromatic rings. The predicted molar refractivity (Wildman–Crippen MR) is 137 cm³/mol. The maximum absolute atomic E-state index is 13.3. The number of ether oxygens (including phenoxy) is 2. The van der Waals surface area contributed by atoms with Crippen LogP contribution in [0.4, 0.5) is 5.69 Å². The third-order valence-electron chi connectivity index (χ3n) is 6.80. The number of carbonyl (C=O) groups excluding carboxylic acids is 1. The zero-order chi connectivity index (χ0) is 26.2. The highest BCUT2D eigenvalue weighted by Gasteiger charge is 2.51. The molecule has 0 bridgehead atoms. The van der Waals surface area contributed by atoms with Crippen molar-refractivity contribution in [2.45, 2.75) is 36.2 Å². The number of aliphatic hydroxyl groups excluding tert-OH is 2. The summed E-state index contributed by atoms with van der Waals surface area (Å²) in [6, 6.07) is 17.6. The van der Waals surface area contributed by atoms with Crippen LogP contribution < -0.4 is 19.5 Å². The van der Waals surface area contributed by atoms with Gasteiger partial charge in [0.1, 0.15) is 0 Å². The number of rotatable bonds is 9. The van der Waals surface area contributed by atoms with E-state index in [-0.39, 0.29) is 24.1 Å². The van der Waals surface area contributed by atoms with Gasteiger partial charge >= 0.3 is 0 Å². The number of nitrogens with one attached hydrogen (secondary N) is 2. The van der Waals surface area contributed by atoms with Crippen LogP contribution in [-0.2, 0) is 20.2 Å². The van der Waals surface area contributed by atoms with Gasteiger partial charge in [-0.1, -0.05) is 24.3 Å². The van der Waals surface area contributed by atoms with Crippen molar-refractivity contribution in [2.24, 2.45) is 0 Å².